The third-order valence-electron chi connectivity index (χ3n) is 5.89. The van der Waals surface area contributed by atoms with E-state index in [1.165, 1.54) is 0 Å². The Balaban J connectivity index is 1.70. The van der Waals surface area contributed by atoms with Crippen molar-refractivity contribution in [3.05, 3.63) is 22.2 Å². The van der Waals surface area contributed by atoms with Gasteiger partial charge in [-0.15, -0.1) is 0 Å². The van der Waals surface area contributed by atoms with Crippen LogP contribution in [0.3, 0.4) is 0 Å². The number of amides is 1. The molecule has 1 heterocycles. The van der Waals surface area contributed by atoms with Crippen molar-refractivity contribution in [3.8, 4) is 0 Å². The molecule has 1 N–H and O–H groups in total. The van der Waals surface area contributed by atoms with Gasteiger partial charge in [0.25, 0.3) is 0 Å². The van der Waals surface area contributed by atoms with Crippen molar-refractivity contribution in [2.24, 2.45) is 11.8 Å². The van der Waals surface area contributed by atoms with Gasteiger partial charge >= 0.3 is 0 Å². The van der Waals surface area contributed by atoms with Gasteiger partial charge in [-0.25, -0.2) is 13.1 Å². The first-order chi connectivity index (χ1) is 12.4. The maximum Gasteiger partial charge on any atom is 0.242 e. The first kappa shape index (κ1) is 18.4. The lowest BCUT2D eigenvalue weighted by atomic mass is 9.87. The molecule has 0 bridgehead atoms. The largest absolute Gasteiger partial charge is 0.310 e. The predicted molar refractivity (Wildman–Crippen MR) is 105 cm³/mol. The summed E-state index contributed by atoms with van der Waals surface area (Å²) in [6, 6.07) is 3.56. The zero-order valence-electron chi connectivity index (χ0n) is 15.0. The number of nitrogens with zero attached hydrogens (tertiary/aromatic N) is 1. The molecule has 4 rings (SSSR count). The second-order valence-electron chi connectivity index (χ2n) is 7.92. The number of anilines is 1. The molecule has 2 atom stereocenters. The summed E-state index contributed by atoms with van der Waals surface area (Å²) in [5, 5.41) is 0. The number of carbonyl (C=O) groups is 1. The van der Waals surface area contributed by atoms with Crippen LogP contribution >= 0.6 is 15.9 Å². The van der Waals surface area contributed by atoms with E-state index in [1.54, 1.807) is 11.0 Å². The molecule has 5 nitrogen and oxygen atoms in total. The molecule has 1 aromatic rings. The van der Waals surface area contributed by atoms with Crippen LogP contribution in [0, 0.1) is 11.8 Å². The lowest BCUT2D eigenvalue weighted by Crippen LogP contribution is -2.41. The van der Waals surface area contributed by atoms with Crippen molar-refractivity contribution >= 4 is 37.5 Å². The third kappa shape index (κ3) is 3.45. The summed E-state index contributed by atoms with van der Waals surface area (Å²) >= 11 is 3.45. The van der Waals surface area contributed by atoms with Crippen LogP contribution < -0.4 is 9.62 Å². The minimum Gasteiger partial charge on any atom is -0.310 e. The van der Waals surface area contributed by atoms with E-state index >= 15 is 0 Å². The molecular weight excluding hydrogens is 416 g/mol. The molecule has 142 valence electrons. The Morgan fingerprint density at radius 3 is 2.62 bits per heavy atom. The summed E-state index contributed by atoms with van der Waals surface area (Å²) in [6.45, 7) is 2.68. The van der Waals surface area contributed by atoms with Gasteiger partial charge in [-0.3, -0.25) is 4.79 Å². The summed E-state index contributed by atoms with van der Waals surface area (Å²) in [6.07, 6.45) is 6.69. The average molecular weight is 441 g/mol. The molecule has 3 aliphatic rings. The third-order valence-corrected chi connectivity index (χ3v) is 7.85. The molecule has 2 aliphatic carbocycles. The Labute approximate surface area is 163 Å². The fourth-order valence-electron chi connectivity index (χ4n) is 4.20. The van der Waals surface area contributed by atoms with Gasteiger partial charge in [-0.2, -0.15) is 0 Å². The SMILES string of the molecule is C[C@H]1CCCC[C@@H]1NS(=O)(=O)c1cc(Br)cc2c1N(C(=O)C1CC1)CC2. The summed E-state index contributed by atoms with van der Waals surface area (Å²) in [7, 11) is -3.69. The van der Waals surface area contributed by atoms with E-state index in [1.807, 2.05) is 6.07 Å². The van der Waals surface area contributed by atoms with Crippen molar-refractivity contribution in [1.82, 2.24) is 4.72 Å². The Hall–Kier alpha value is -0.920. The average Bonchev–Trinajstić information content (AvgIpc) is 3.35. The minimum absolute atomic E-state index is 0.0302. The number of rotatable bonds is 4. The lowest BCUT2D eigenvalue weighted by molar-refractivity contribution is -0.119. The normalized spacial score (nSPS) is 26.0. The topological polar surface area (TPSA) is 66.5 Å². The number of hydrogen-bond acceptors (Lipinski definition) is 3. The summed E-state index contributed by atoms with van der Waals surface area (Å²) in [5.41, 5.74) is 1.53. The van der Waals surface area contributed by atoms with Crippen LogP contribution in [-0.4, -0.2) is 26.9 Å². The number of benzene rings is 1. The molecule has 0 spiro atoms. The molecule has 7 heteroatoms. The highest BCUT2D eigenvalue weighted by molar-refractivity contribution is 9.10. The van der Waals surface area contributed by atoms with E-state index in [0.717, 1.165) is 48.6 Å². The van der Waals surface area contributed by atoms with E-state index in [4.69, 9.17) is 0 Å². The minimum atomic E-state index is -3.69. The summed E-state index contributed by atoms with van der Waals surface area (Å²) in [4.78, 5) is 14.6. The standard InChI is InChI=1S/C19H25BrN2O3S/c1-12-4-2-3-5-16(12)21-26(24,25)17-11-15(20)10-14-8-9-22(18(14)17)19(23)13-6-7-13/h10-13,16,21H,2-9H2,1H3/t12-,16-/m0/s1. The predicted octanol–water partition coefficient (Wildman–Crippen LogP) is 3.61. The second-order valence-corrected chi connectivity index (χ2v) is 10.5. The van der Waals surface area contributed by atoms with Crippen LogP contribution in [0.25, 0.3) is 0 Å². The Morgan fingerprint density at radius 2 is 1.92 bits per heavy atom. The van der Waals surface area contributed by atoms with E-state index in [0.29, 0.717) is 24.6 Å². The van der Waals surface area contributed by atoms with Gasteiger partial charge in [0, 0.05) is 23.0 Å². The highest BCUT2D eigenvalue weighted by Gasteiger charge is 2.40. The Morgan fingerprint density at radius 1 is 1.19 bits per heavy atom. The van der Waals surface area contributed by atoms with Gasteiger partial charge in [0.2, 0.25) is 15.9 Å². The highest BCUT2D eigenvalue weighted by atomic mass is 79.9. The number of nitrogens with one attached hydrogen (secondary N) is 1. The van der Waals surface area contributed by atoms with E-state index in [2.05, 4.69) is 27.6 Å². The number of fused-ring (bicyclic) bond motifs is 1. The molecule has 0 unspecified atom stereocenters. The number of sulfonamides is 1. The molecular formula is C19H25BrN2O3S. The molecule has 26 heavy (non-hydrogen) atoms. The van der Waals surface area contributed by atoms with Crippen LogP contribution in [0.4, 0.5) is 5.69 Å². The summed E-state index contributed by atoms with van der Waals surface area (Å²) in [5.74, 6) is 0.489. The van der Waals surface area contributed by atoms with Crippen molar-refractivity contribution in [3.63, 3.8) is 0 Å². The highest BCUT2D eigenvalue weighted by Crippen LogP contribution is 2.41. The monoisotopic (exact) mass is 440 g/mol. The Bertz CT molecular complexity index is 835. The van der Waals surface area contributed by atoms with Crippen LogP contribution in [0.15, 0.2) is 21.5 Å². The molecule has 0 saturated heterocycles. The first-order valence-electron chi connectivity index (χ1n) is 9.53. The zero-order valence-corrected chi connectivity index (χ0v) is 17.4. The quantitative estimate of drug-likeness (QED) is 0.777. The molecule has 0 radical (unpaired) electrons. The molecule has 0 aromatic heterocycles. The molecule has 1 amide bonds. The molecule has 1 aromatic carbocycles. The zero-order chi connectivity index (χ0) is 18.5. The lowest BCUT2D eigenvalue weighted by Gasteiger charge is -2.30. The smallest absolute Gasteiger partial charge is 0.242 e. The first-order valence-corrected chi connectivity index (χ1v) is 11.8. The number of hydrogen-bond donors (Lipinski definition) is 1. The fraction of sp³-hybridized carbons (Fsp3) is 0.632. The number of carbonyl (C=O) groups excluding carboxylic acids is 1. The molecule has 2 saturated carbocycles. The fourth-order valence-corrected chi connectivity index (χ4v) is 6.51. The van der Waals surface area contributed by atoms with Crippen LogP contribution in [0.5, 0.6) is 0 Å². The second kappa shape index (κ2) is 6.91. The van der Waals surface area contributed by atoms with E-state index < -0.39 is 10.0 Å². The van der Waals surface area contributed by atoms with Gasteiger partial charge in [0.05, 0.1) is 5.69 Å². The van der Waals surface area contributed by atoms with Crippen molar-refractivity contribution < 1.29 is 13.2 Å². The van der Waals surface area contributed by atoms with Crippen LogP contribution in [-0.2, 0) is 21.2 Å². The van der Waals surface area contributed by atoms with Crippen molar-refractivity contribution in [2.45, 2.75) is 62.8 Å². The van der Waals surface area contributed by atoms with Crippen molar-refractivity contribution in [1.29, 1.82) is 0 Å². The Kier molecular flexibility index (Phi) is 4.90. The van der Waals surface area contributed by atoms with Gasteiger partial charge in [-0.05, 0) is 55.7 Å². The van der Waals surface area contributed by atoms with Gasteiger partial charge in [-0.1, -0.05) is 35.7 Å². The van der Waals surface area contributed by atoms with Gasteiger partial charge in [0.15, 0.2) is 0 Å². The van der Waals surface area contributed by atoms with Crippen LogP contribution in [0.1, 0.15) is 51.0 Å². The molecule has 2 fully saturated rings. The maximum absolute atomic E-state index is 13.2. The van der Waals surface area contributed by atoms with Crippen LogP contribution in [0.2, 0.25) is 0 Å². The van der Waals surface area contributed by atoms with Gasteiger partial charge in [0.1, 0.15) is 4.90 Å². The number of halogens is 1. The molecule has 1 aliphatic heterocycles. The van der Waals surface area contributed by atoms with E-state index in [-0.39, 0.29) is 22.8 Å². The van der Waals surface area contributed by atoms with Gasteiger partial charge < -0.3 is 4.90 Å². The van der Waals surface area contributed by atoms with E-state index in [9.17, 15) is 13.2 Å². The summed E-state index contributed by atoms with van der Waals surface area (Å²) < 4.78 is 30.2. The van der Waals surface area contributed by atoms with Crippen molar-refractivity contribution in [2.75, 3.05) is 11.4 Å². The maximum atomic E-state index is 13.2.